The molecule has 0 bridgehead atoms. The van der Waals surface area contributed by atoms with Gasteiger partial charge in [-0.25, -0.2) is 14.0 Å². The first-order chi connectivity index (χ1) is 7.13. The largest absolute Gasteiger partial charge is 0.341 e. The first-order valence-electron chi connectivity index (χ1n) is 4.17. The fraction of sp³-hybridized carbons (Fsp3) is 0.111. The molecule has 1 rings (SSSR count). The number of rotatable bonds is 1. The Bertz CT molecular complexity index is 381. The van der Waals surface area contributed by atoms with Crippen LogP contribution in [0.5, 0.6) is 0 Å². The molecule has 6 heteroatoms. The zero-order chi connectivity index (χ0) is 11.3. The standard InChI is InChI=1S/C9H10FN3O2/c1-11-8(14)13-9(15)12-7-5-3-2-4-6(7)10/h2-5H,1H3,(H3,11,12,13,14,15). The maximum atomic E-state index is 13.0. The number of anilines is 1. The maximum Gasteiger partial charge on any atom is 0.327 e. The van der Waals surface area contributed by atoms with E-state index in [1.54, 1.807) is 6.07 Å². The van der Waals surface area contributed by atoms with Gasteiger partial charge in [-0.3, -0.25) is 5.32 Å². The monoisotopic (exact) mass is 211 g/mol. The van der Waals surface area contributed by atoms with Crippen LogP contribution in [0.4, 0.5) is 19.7 Å². The van der Waals surface area contributed by atoms with Crippen molar-refractivity contribution >= 4 is 17.7 Å². The van der Waals surface area contributed by atoms with Crippen molar-refractivity contribution in [1.29, 1.82) is 0 Å². The van der Waals surface area contributed by atoms with Gasteiger partial charge in [0, 0.05) is 7.05 Å². The Morgan fingerprint density at radius 2 is 1.87 bits per heavy atom. The van der Waals surface area contributed by atoms with Crippen LogP contribution in [-0.4, -0.2) is 19.1 Å². The zero-order valence-corrected chi connectivity index (χ0v) is 8.00. The van der Waals surface area contributed by atoms with Gasteiger partial charge in [-0.15, -0.1) is 0 Å². The number of carbonyl (C=O) groups is 2. The Kier molecular flexibility index (Phi) is 3.61. The molecule has 0 unspecified atom stereocenters. The van der Waals surface area contributed by atoms with E-state index in [4.69, 9.17) is 0 Å². The van der Waals surface area contributed by atoms with Gasteiger partial charge in [-0.05, 0) is 12.1 Å². The van der Waals surface area contributed by atoms with E-state index in [0.29, 0.717) is 0 Å². The lowest BCUT2D eigenvalue weighted by Gasteiger charge is -2.06. The number of halogens is 1. The van der Waals surface area contributed by atoms with Crippen LogP contribution in [0.25, 0.3) is 0 Å². The molecule has 3 N–H and O–H groups in total. The highest BCUT2D eigenvalue weighted by atomic mass is 19.1. The van der Waals surface area contributed by atoms with Gasteiger partial charge in [0.1, 0.15) is 5.82 Å². The molecule has 0 saturated carbocycles. The zero-order valence-electron chi connectivity index (χ0n) is 8.00. The van der Waals surface area contributed by atoms with Crippen LogP contribution in [0.2, 0.25) is 0 Å². The molecule has 0 atom stereocenters. The van der Waals surface area contributed by atoms with Gasteiger partial charge in [0.15, 0.2) is 0 Å². The lowest BCUT2D eigenvalue weighted by Crippen LogP contribution is -2.40. The number of hydrogen-bond acceptors (Lipinski definition) is 2. The van der Waals surface area contributed by atoms with Crippen molar-refractivity contribution in [2.24, 2.45) is 0 Å². The molecule has 0 aliphatic carbocycles. The van der Waals surface area contributed by atoms with Crippen molar-refractivity contribution in [3.05, 3.63) is 30.1 Å². The minimum atomic E-state index is -0.792. The third-order valence-corrected chi connectivity index (χ3v) is 1.58. The van der Waals surface area contributed by atoms with Crippen LogP contribution < -0.4 is 16.0 Å². The average molecular weight is 211 g/mol. The predicted octanol–water partition coefficient (Wildman–Crippen LogP) is 1.29. The van der Waals surface area contributed by atoms with E-state index < -0.39 is 17.9 Å². The van der Waals surface area contributed by atoms with Gasteiger partial charge < -0.3 is 10.6 Å². The first-order valence-corrected chi connectivity index (χ1v) is 4.17. The molecule has 4 amide bonds. The predicted molar refractivity (Wildman–Crippen MR) is 53.0 cm³/mol. The highest BCUT2D eigenvalue weighted by molar-refractivity contribution is 6.00. The van der Waals surface area contributed by atoms with E-state index in [-0.39, 0.29) is 5.69 Å². The van der Waals surface area contributed by atoms with E-state index in [2.05, 4.69) is 10.6 Å². The number of urea groups is 2. The van der Waals surface area contributed by atoms with E-state index in [0.717, 1.165) is 0 Å². The van der Waals surface area contributed by atoms with Crippen LogP contribution in [0.3, 0.4) is 0 Å². The third-order valence-electron chi connectivity index (χ3n) is 1.58. The lowest BCUT2D eigenvalue weighted by atomic mass is 10.3. The van der Waals surface area contributed by atoms with E-state index >= 15 is 0 Å². The van der Waals surface area contributed by atoms with Crippen molar-refractivity contribution < 1.29 is 14.0 Å². The van der Waals surface area contributed by atoms with Crippen molar-refractivity contribution in [2.45, 2.75) is 0 Å². The molecular weight excluding hydrogens is 201 g/mol. The van der Waals surface area contributed by atoms with Crippen molar-refractivity contribution in [3.63, 3.8) is 0 Å². The average Bonchev–Trinajstić information content (AvgIpc) is 2.21. The summed E-state index contributed by atoms with van der Waals surface area (Å²) in [6, 6.07) is 4.20. The van der Waals surface area contributed by atoms with Crippen LogP contribution in [0.15, 0.2) is 24.3 Å². The molecule has 15 heavy (non-hydrogen) atoms. The second-order valence-electron chi connectivity index (χ2n) is 2.64. The molecule has 0 aliphatic heterocycles. The summed E-state index contributed by atoms with van der Waals surface area (Å²) >= 11 is 0. The molecular formula is C9H10FN3O2. The third kappa shape index (κ3) is 3.26. The summed E-state index contributed by atoms with van der Waals surface area (Å²) in [5, 5.41) is 6.32. The smallest absolute Gasteiger partial charge is 0.327 e. The number of nitrogens with one attached hydrogen (secondary N) is 3. The minimum Gasteiger partial charge on any atom is -0.341 e. The highest BCUT2D eigenvalue weighted by Gasteiger charge is 2.07. The summed E-state index contributed by atoms with van der Waals surface area (Å²) in [7, 11) is 1.37. The molecule has 0 saturated heterocycles. The number of amides is 4. The molecule has 80 valence electrons. The Morgan fingerprint density at radius 3 is 2.47 bits per heavy atom. The molecule has 1 aromatic carbocycles. The quantitative estimate of drug-likeness (QED) is 0.655. The summed E-state index contributed by atoms with van der Waals surface area (Å²) in [6.45, 7) is 0. The molecule has 0 aliphatic rings. The van der Waals surface area contributed by atoms with Gasteiger partial charge in [0.25, 0.3) is 0 Å². The lowest BCUT2D eigenvalue weighted by molar-refractivity contribution is 0.234. The molecule has 0 fully saturated rings. The summed E-state index contributed by atoms with van der Waals surface area (Å²) in [5.41, 5.74) is 0.0129. The Labute approximate surface area is 85.7 Å². The minimum absolute atomic E-state index is 0.0129. The summed E-state index contributed by atoms with van der Waals surface area (Å²) in [4.78, 5) is 21.8. The summed E-state index contributed by atoms with van der Waals surface area (Å²) in [6.07, 6.45) is 0. The van der Waals surface area contributed by atoms with Crippen LogP contribution in [0.1, 0.15) is 0 Å². The Morgan fingerprint density at radius 1 is 1.20 bits per heavy atom. The molecule has 5 nitrogen and oxygen atoms in total. The van der Waals surface area contributed by atoms with Gasteiger partial charge >= 0.3 is 12.1 Å². The molecule has 0 heterocycles. The van der Waals surface area contributed by atoms with E-state index in [9.17, 15) is 14.0 Å². The number of imide groups is 1. The van der Waals surface area contributed by atoms with Gasteiger partial charge in [0.2, 0.25) is 0 Å². The van der Waals surface area contributed by atoms with Gasteiger partial charge in [0.05, 0.1) is 5.69 Å². The Hall–Kier alpha value is -2.11. The summed E-state index contributed by atoms with van der Waals surface area (Å²) in [5.74, 6) is -0.565. The van der Waals surface area contributed by atoms with Crippen molar-refractivity contribution in [2.75, 3.05) is 12.4 Å². The topological polar surface area (TPSA) is 70.2 Å². The maximum absolute atomic E-state index is 13.0. The molecule has 0 radical (unpaired) electrons. The first kappa shape index (κ1) is 11.0. The van der Waals surface area contributed by atoms with Crippen molar-refractivity contribution in [3.8, 4) is 0 Å². The van der Waals surface area contributed by atoms with Gasteiger partial charge in [-0.1, -0.05) is 12.1 Å². The van der Waals surface area contributed by atoms with Crippen LogP contribution in [0, 0.1) is 5.82 Å². The number of para-hydroxylation sites is 1. The number of hydrogen-bond donors (Lipinski definition) is 3. The van der Waals surface area contributed by atoms with E-state index in [1.165, 1.54) is 25.2 Å². The molecule has 0 aromatic heterocycles. The fourth-order valence-electron chi connectivity index (χ4n) is 0.882. The van der Waals surface area contributed by atoms with Gasteiger partial charge in [-0.2, -0.15) is 0 Å². The molecule has 1 aromatic rings. The van der Waals surface area contributed by atoms with E-state index in [1.807, 2.05) is 5.32 Å². The summed E-state index contributed by atoms with van der Waals surface area (Å²) < 4.78 is 13.0. The van der Waals surface area contributed by atoms with Crippen LogP contribution >= 0.6 is 0 Å². The SMILES string of the molecule is CNC(=O)NC(=O)Nc1ccccc1F. The Balaban J connectivity index is 2.59. The number of benzene rings is 1. The molecule has 0 spiro atoms. The number of carbonyl (C=O) groups excluding carboxylic acids is 2. The fourth-order valence-corrected chi connectivity index (χ4v) is 0.882. The van der Waals surface area contributed by atoms with Crippen molar-refractivity contribution in [1.82, 2.24) is 10.6 Å². The second kappa shape index (κ2) is 4.94. The normalized spacial score (nSPS) is 9.20. The highest BCUT2D eigenvalue weighted by Crippen LogP contribution is 2.11. The second-order valence-corrected chi connectivity index (χ2v) is 2.64. The van der Waals surface area contributed by atoms with Crippen LogP contribution in [-0.2, 0) is 0 Å².